The Balaban J connectivity index is 1.74. The first-order valence-corrected chi connectivity index (χ1v) is 8.07. The van der Waals surface area contributed by atoms with Crippen LogP contribution in [-0.2, 0) is 11.2 Å². The van der Waals surface area contributed by atoms with Gasteiger partial charge in [-0.3, -0.25) is 4.79 Å². The second-order valence-electron chi connectivity index (χ2n) is 5.53. The molecule has 0 spiro atoms. The van der Waals surface area contributed by atoms with Gasteiger partial charge in [-0.1, -0.05) is 72.3 Å². The Morgan fingerprint density at radius 1 is 1.00 bits per heavy atom. The summed E-state index contributed by atoms with van der Waals surface area (Å²) >= 11 is 6.14. The van der Waals surface area contributed by atoms with Crippen molar-refractivity contribution in [1.82, 2.24) is 5.43 Å². The molecule has 0 saturated heterocycles. The Kier molecular flexibility index (Phi) is 4.92. The van der Waals surface area contributed by atoms with Crippen molar-refractivity contribution in [2.45, 2.75) is 13.3 Å². The molecule has 3 nitrogen and oxygen atoms in total. The highest BCUT2D eigenvalue weighted by atomic mass is 35.5. The van der Waals surface area contributed by atoms with Crippen LogP contribution in [0.3, 0.4) is 0 Å². The standard InChI is InChI=1S/C20H17ClN2O/c1-14(17-10-4-5-12-19(17)21)22-23-20(24)13-16-9-6-8-15-7-2-3-11-18(15)16/h2-12H,13H2,1H3,(H,23,24)/b22-14+. The molecule has 1 amide bonds. The molecular weight excluding hydrogens is 320 g/mol. The van der Waals surface area contributed by atoms with E-state index in [2.05, 4.69) is 10.5 Å². The van der Waals surface area contributed by atoms with Crippen molar-refractivity contribution in [3.63, 3.8) is 0 Å². The Morgan fingerprint density at radius 2 is 1.71 bits per heavy atom. The topological polar surface area (TPSA) is 41.5 Å². The molecule has 0 atom stereocenters. The monoisotopic (exact) mass is 336 g/mol. The van der Waals surface area contributed by atoms with Gasteiger partial charge >= 0.3 is 0 Å². The van der Waals surface area contributed by atoms with Gasteiger partial charge in [0.25, 0.3) is 0 Å². The van der Waals surface area contributed by atoms with E-state index in [4.69, 9.17) is 11.6 Å². The molecule has 0 aliphatic carbocycles. The smallest absolute Gasteiger partial charge is 0.244 e. The van der Waals surface area contributed by atoms with E-state index in [9.17, 15) is 4.79 Å². The predicted molar refractivity (Wildman–Crippen MR) is 99.5 cm³/mol. The van der Waals surface area contributed by atoms with E-state index in [0.29, 0.717) is 10.7 Å². The number of carbonyl (C=O) groups is 1. The molecule has 4 heteroatoms. The zero-order valence-corrected chi connectivity index (χ0v) is 14.0. The van der Waals surface area contributed by atoms with Gasteiger partial charge in [0, 0.05) is 10.6 Å². The second kappa shape index (κ2) is 7.28. The van der Waals surface area contributed by atoms with Crippen LogP contribution in [0.15, 0.2) is 71.8 Å². The van der Waals surface area contributed by atoms with Gasteiger partial charge in [-0.15, -0.1) is 0 Å². The number of hydrogen-bond acceptors (Lipinski definition) is 2. The normalized spacial score (nSPS) is 11.5. The van der Waals surface area contributed by atoms with Gasteiger partial charge in [0.05, 0.1) is 12.1 Å². The van der Waals surface area contributed by atoms with Crippen LogP contribution in [-0.4, -0.2) is 11.6 Å². The molecule has 3 rings (SSSR count). The summed E-state index contributed by atoms with van der Waals surface area (Å²) in [7, 11) is 0. The fourth-order valence-electron chi connectivity index (χ4n) is 2.62. The molecule has 120 valence electrons. The van der Waals surface area contributed by atoms with E-state index in [0.717, 1.165) is 21.9 Å². The minimum atomic E-state index is -0.155. The average molecular weight is 337 g/mol. The number of amides is 1. The molecule has 24 heavy (non-hydrogen) atoms. The molecule has 3 aromatic carbocycles. The Hall–Kier alpha value is -2.65. The summed E-state index contributed by atoms with van der Waals surface area (Å²) in [5, 5.41) is 6.99. The van der Waals surface area contributed by atoms with Crippen molar-refractivity contribution < 1.29 is 4.79 Å². The number of nitrogens with zero attached hydrogens (tertiary/aromatic N) is 1. The second-order valence-corrected chi connectivity index (χ2v) is 5.93. The molecule has 0 aliphatic heterocycles. The van der Waals surface area contributed by atoms with Gasteiger partial charge < -0.3 is 0 Å². The first-order chi connectivity index (χ1) is 11.6. The van der Waals surface area contributed by atoms with Crippen molar-refractivity contribution in [1.29, 1.82) is 0 Å². The van der Waals surface area contributed by atoms with Crippen molar-refractivity contribution in [2.75, 3.05) is 0 Å². The third-order valence-corrected chi connectivity index (χ3v) is 4.17. The summed E-state index contributed by atoms with van der Waals surface area (Å²) in [6.07, 6.45) is 0.278. The van der Waals surface area contributed by atoms with Gasteiger partial charge in [-0.2, -0.15) is 5.10 Å². The highest BCUT2D eigenvalue weighted by molar-refractivity contribution is 6.34. The Bertz CT molecular complexity index is 913. The van der Waals surface area contributed by atoms with Crippen LogP contribution in [0.4, 0.5) is 0 Å². The molecule has 0 radical (unpaired) electrons. The maximum absolute atomic E-state index is 12.2. The number of rotatable bonds is 4. The lowest BCUT2D eigenvalue weighted by molar-refractivity contribution is -0.120. The summed E-state index contributed by atoms with van der Waals surface area (Å²) in [4.78, 5) is 12.2. The lowest BCUT2D eigenvalue weighted by Crippen LogP contribution is -2.21. The quantitative estimate of drug-likeness (QED) is 0.550. The maximum atomic E-state index is 12.2. The molecule has 3 aromatic rings. The third kappa shape index (κ3) is 3.63. The first-order valence-electron chi connectivity index (χ1n) is 7.70. The van der Waals surface area contributed by atoms with E-state index >= 15 is 0 Å². The molecule has 0 bridgehead atoms. The van der Waals surface area contributed by atoms with E-state index in [-0.39, 0.29) is 12.3 Å². The van der Waals surface area contributed by atoms with E-state index in [1.54, 1.807) is 6.07 Å². The number of halogens is 1. The van der Waals surface area contributed by atoms with E-state index in [1.165, 1.54) is 0 Å². The van der Waals surface area contributed by atoms with Crippen molar-refractivity contribution in [3.05, 3.63) is 82.9 Å². The molecule has 0 saturated carbocycles. The van der Waals surface area contributed by atoms with Gasteiger partial charge in [-0.05, 0) is 29.3 Å². The zero-order valence-electron chi connectivity index (χ0n) is 13.3. The summed E-state index contributed by atoms with van der Waals surface area (Å²) in [6, 6.07) is 21.4. The number of carbonyl (C=O) groups excluding carboxylic acids is 1. The average Bonchev–Trinajstić information content (AvgIpc) is 2.60. The van der Waals surface area contributed by atoms with E-state index in [1.807, 2.05) is 67.6 Å². The molecule has 0 aromatic heterocycles. The predicted octanol–water partition coefficient (Wildman–Crippen LogP) is 4.58. The molecule has 0 aliphatic rings. The number of benzene rings is 3. The number of hydrazone groups is 1. The number of fused-ring (bicyclic) bond motifs is 1. The van der Waals surface area contributed by atoms with Gasteiger partial charge in [0.15, 0.2) is 0 Å². The van der Waals surface area contributed by atoms with Gasteiger partial charge in [-0.25, -0.2) is 5.43 Å². The van der Waals surface area contributed by atoms with Crippen molar-refractivity contribution in [2.24, 2.45) is 5.10 Å². The van der Waals surface area contributed by atoms with Crippen molar-refractivity contribution >= 4 is 34.0 Å². The van der Waals surface area contributed by atoms with Crippen LogP contribution in [0.2, 0.25) is 5.02 Å². The summed E-state index contributed by atoms with van der Waals surface area (Å²) in [5.74, 6) is -0.155. The summed E-state index contributed by atoms with van der Waals surface area (Å²) in [5.41, 5.74) is 5.08. The lowest BCUT2D eigenvalue weighted by atomic mass is 10.0. The van der Waals surface area contributed by atoms with Crippen LogP contribution >= 0.6 is 11.6 Å². The van der Waals surface area contributed by atoms with E-state index < -0.39 is 0 Å². The lowest BCUT2D eigenvalue weighted by Gasteiger charge is -2.07. The highest BCUT2D eigenvalue weighted by Crippen LogP contribution is 2.19. The van der Waals surface area contributed by atoms with Crippen LogP contribution in [0.5, 0.6) is 0 Å². The van der Waals surface area contributed by atoms with Crippen LogP contribution in [0.1, 0.15) is 18.1 Å². The molecule has 1 N–H and O–H groups in total. The Labute approximate surface area is 146 Å². The van der Waals surface area contributed by atoms with Crippen molar-refractivity contribution in [3.8, 4) is 0 Å². The molecule has 0 unspecified atom stereocenters. The zero-order chi connectivity index (χ0) is 16.9. The minimum Gasteiger partial charge on any atom is -0.273 e. The van der Waals surface area contributed by atoms with Gasteiger partial charge in [0.2, 0.25) is 5.91 Å². The minimum absolute atomic E-state index is 0.155. The van der Waals surface area contributed by atoms with Gasteiger partial charge in [0.1, 0.15) is 0 Å². The molecule has 0 heterocycles. The first kappa shape index (κ1) is 16.2. The number of nitrogens with one attached hydrogen (secondary N) is 1. The number of hydrogen-bond donors (Lipinski definition) is 1. The highest BCUT2D eigenvalue weighted by Gasteiger charge is 2.07. The largest absolute Gasteiger partial charge is 0.273 e. The Morgan fingerprint density at radius 3 is 2.54 bits per heavy atom. The summed E-state index contributed by atoms with van der Waals surface area (Å²) in [6.45, 7) is 1.82. The van der Waals surface area contributed by atoms with Crippen LogP contribution in [0, 0.1) is 0 Å². The molecule has 0 fully saturated rings. The summed E-state index contributed by atoms with van der Waals surface area (Å²) < 4.78 is 0. The fourth-order valence-corrected chi connectivity index (χ4v) is 2.89. The third-order valence-electron chi connectivity index (χ3n) is 3.84. The SMILES string of the molecule is C/C(=N\NC(=O)Cc1cccc2ccccc12)c1ccccc1Cl. The molecular formula is C20H17ClN2O. The van der Waals surface area contributed by atoms with Crippen LogP contribution < -0.4 is 5.43 Å². The fraction of sp³-hybridized carbons (Fsp3) is 0.100. The maximum Gasteiger partial charge on any atom is 0.244 e. The van der Waals surface area contributed by atoms with Crippen LogP contribution in [0.25, 0.3) is 10.8 Å².